The number of hydrogen-bond donors (Lipinski definition) is 0. The van der Waals surface area contributed by atoms with Crippen molar-refractivity contribution in [2.45, 2.75) is 77.5 Å². The third-order valence-corrected chi connectivity index (χ3v) is 8.27. The van der Waals surface area contributed by atoms with Crippen LogP contribution in [-0.4, -0.2) is 24.0 Å². The quantitative estimate of drug-likeness (QED) is 0.472. The number of alkyl halides is 3. The number of carbonyl (C=O) groups is 2. The fourth-order valence-electron chi connectivity index (χ4n) is 6.72. The van der Waals surface area contributed by atoms with Gasteiger partial charge in [0.05, 0.1) is 0 Å². The molecule has 0 aromatic heterocycles. The van der Waals surface area contributed by atoms with Gasteiger partial charge in [-0.3, -0.25) is 4.79 Å². The molecule has 0 amide bonds. The minimum Gasteiger partial charge on any atom is -0.455 e. The van der Waals surface area contributed by atoms with Crippen LogP contribution in [0.2, 0.25) is 0 Å². The van der Waals surface area contributed by atoms with E-state index in [9.17, 15) is 22.8 Å². The molecular formula is C21H27F3O3. The van der Waals surface area contributed by atoms with Gasteiger partial charge in [0.15, 0.2) is 0 Å². The molecule has 6 atom stereocenters. The van der Waals surface area contributed by atoms with Crippen molar-refractivity contribution in [2.24, 2.45) is 28.6 Å². The van der Waals surface area contributed by atoms with E-state index in [-0.39, 0.29) is 10.8 Å². The molecule has 0 saturated heterocycles. The zero-order valence-corrected chi connectivity index (χ0v) is 15.9. The van der Waals surface area contributed by atoms with E-state index < -0.39 is 18.2 Å². The first-order valence-corrected chi connectivity index (χ1v) is 10.1. The highest BCUT2D eigenvalue weighted by Gasteiger charge is 2.58. The molecule has 4 rings (SSSR count). The molecule has 150 valence electrons. The Morgan fingerprint density at radius 3 is 2.48 bits per heavy atom. The molecule has 3 fully saturated rings. The third kappa shape index (κ3) is 2.85. The highest BCUT2D eigenvalue weighted by atomic mass is 19.4. The molecule has 0 aromatic rings. The van der Waals surface area contributed by atoms with Crippen LogP contribution in [0.5, 0.6) is 0 Å². The predicted octanol–water partition coefficient (Wildman–Crippen LogP) is 4.99. The van der Waals surface area contributed by atoms with Gasteiger partial charge in [-0.2, -0.15) is 13.2 Å². The maximum Gasteiger partial charge on any atom is 0.490 e. The largest absolute Gasteiger partial charge is 0.490 e. The smallest absolute Gasteiger partial charge is 0.455 e. The van der Waals surface area contributed by atoms with E-state index in [0.29, 0.717) is 42.8 Å². The molecule has 0 spiro atoms. The summed E-state index contributed by atoms with van der Waals surface area (Å²) in [6.45, 7) is 4.37. The maximum atomic E-state index is 12.5. The summed E-state index contributed by atoms with van der Waals surface area (Å²) in [4.78, 5) is 23.6. The summed E-state index contributed by atoms with van der Waals surface area (Å²) in [6.07, 6.45) is 2.67. The number of ketones is 1. The molecule has 0 N–H and O–H groups in total. The van der Waals surface area contributed by atoms with Crippen molar-refractivity contribution in [1.29, 1.82) is 0 Å². The molecule has 0 radical (unpaired) electrons. The lowest BCUT2D eigenvalue weighted by Crippen LogP contribution is -2.50. The Bertz CT molecular complexity index is 697. The second kappa shape index (κ2) is 6.08. The maximum absolute atomic E-state index is 12.5. The summed E-state index contributed by atoms with van der Waals surface area (Å²) in [7, 11) is 0. The summed E-state index contributed by atoms with van der Waals surface area (Å²) in [5.41, 5.74) is 0.933. The van der Waals surface area contributed by atoms with Crippen LogP contribution in [-0.2, 0) is 14.3 Å². The van der Waals surface area contributed by atoms with E-state index >= 15 is 0 Å². The van der Waals surface area contributed by atoms with E-state index in [1.54, 1.807) is 0 Å². The van der Waals surface area contributed by atoms with E-state index in [0.717, 1.165) is 37.7 Å². The number of Topliss-reactive ketones (excluding diaryl/α,β-unsaturated/α-hetero) is 1. The van der Waals surface area contributed by atoms with Gasteiger partial charge in [-0.25, -0.2) is 4.79 Å². The minimum atomic E-state index is -4.93. The topological polar surface area (TPSA) is 43.4 Å². The predicted molar refractivity (Wildman–Crippen MR) is 92.6 cm³/mol. The van der Waals surface area contributed by atoms with Gasteiger partial charge in [-0.15, -0.1) is 0 Å². The molecule has 0 aromatic carbocycles. The van der Waals surface area contributed by atoms with Crippen LogP contribution in [0.3, 0.4) is 0 Å². The molecule has 27 heavy (non-hydrogen) atoms. The molecule has 0 heterocycles. The summed E-state index contributed by atoms with van der Waals surface area (Å²) in [5, 5.41) is 0. The summed E-state index contributed by atoms with van der Waals surface area (Å²) < 4.78 is 42.3. The Morgan fingerprint density at radius 1 is 1.11 bits per heavy atom. The summed E-state index contributed by atoms with van der Waals surface area (Å²) >= 11 is 0. The minimum absolute atomic E-state index is 0.0446. The molecule has 0 unspecified atom stereocenters. The number of carbonyl (C=O) groups excluding carboxylic acids is 2. The number of ether oxygens (including phenoxy) is 1. The lowest BCUT2D eigenvalue weighted by molar-refractivity contribution is -0.206. The van der Waals surface area contributed by atoms with Crippen LogP contribution >= 0.6 is 0 Å². The number of esters is 1. The van der Waals surface area contributed by atoms with Crippen LogP contribution in [0.4, 0.5) is 13.2 Å². The van der Waals surface area contributed by atoms with Gasteiger partial charge in [0.1, 0.15) is 11.9 Å². The highest BCUT2D eigenvalue weighted by molar-refractivity contribution is 5.87. The first-order valence-electron chi connectivity index (χ1n) is 10.1. The lowest BCUT2D eigenvalue weighted by atomic mass is 9.48. The van der Waals surface area contributed by atoms with Gasteiger partial charge in [-0.1, -0.05) is 25.5 Å². The zero-order chi connectivity index (χ0) is 19.6. The Labute approximate surface area is 157 Å². The first-order chi connectivity index (χ1) is 12.6. The average molecular weight is 384 g/mol. The second-order valence-corrected chi connectivity index (χ2v) is 9.45. The fourth-order valence-corrected chi connectivity index (χ4v) is 6.72. The van der Waals surface area contributed by atoms with Crippen molar-refractivity contribution >= 4 is 11.8 Å². The van der Waals surface area contributed by atoms with Crippen LogP contribution in [0.15, 0.2) is 11.6 Å². The monoisotopic (exact) mass is 384 g/mol. The Hall–Kier alpha value is -1.33. The van der Waals surface area contributed by atoms with E-state index in [1.807, 2.05) is 0 Å². The Morgan fingerprint density at radius 2 is 1.78 bits per heavy atom. The second-order valence-electron chi connectivity index (χ2n) is 9.45. The molecular weight excluding hydrogens is 357 g/mol. The van der Waals surface area contributed by atoms with Crippen molar-refractivity contribution in [3.63, 3.8) is 0 Å². The summed E-state index contributed by atoms with van der Waals surface area (Å²) in [5.74, 6) is -0.282. The third-order valence-electron chi connectivity index (χ3n) is 8.27. The van der Waals surface area contributed by atoms with Crippen LogP contribution < -0.4 is 0 Å². The van der Waals surface area contributed by atoms with E-state index in [1.165, 1.54) is 0 Å². The molecule has 6 heteroatoms. The number of hydrogen-bond acceptors (Lipinski definition) is 3. The van der Waals surface area contributed by atoms with Gasteiger partial charge in [0.2, 0.25) is 0 Å². The van der Waals surface area contributed by atoms with Crippen molar-refractivity contribution in [3.8, 4) is 0 Å². The standard InChI is InChI=1S/C21H27F3O3/c1-19-9-7-13(27-18(26)21(22,23)24)11-12(19)3-4-14-15-5-6-17(25)20(15,2)10-8-16(14)19/h3,13-16H,4-11H2,1-2H3/t13-,14+,15+,16+,19-,20+/m0/s1. The van der Waals surface area contributed by atoms with Gasteiger partial charge < -0.3 is 4.74 Å². The van der Waals surface area contributed by atoms with E-state index in [2.05, 4.69) is 19.9 Å². The Kier molecular flexibility index (Phi) is 4.28. The van der Waals surface area contributed by atoms with Gasteiger partial charge in [0.25, 0.3) is 0 Å². The summed E-state index contributed by atoms with van der Waals surface area (Å²) in [6, 6.07) is 0. The SMILES string of the molecule is C[C@@]12CC[C@@H]3[C@H](CC=C4C[C@@H](OC(=O)C(F)(F)F)CC[C@@]43C)[C@H]1CCC2=O. The molecule has 4 aliphatic carbocycles. The average Bonchev–Trinajstić information content (AvgIpc) is 2.89. The molecule has 4 aliphatic rings. The number of halogens is 3. The molecule has 0 bridgehead atoms. The first kappa shape index (κ1) is 19.0. The number of allylic oxidation sites excluding steroid dienone is 1. The number of fused-ring (bicyclic) bond motifs is 5. The van der Waals surface area contributed by atoms with Crippen molar-refractivity contribution < 1.29 is 27.5 Å². The van der Waals surface area contributed by atoms with Crippen LogP contribution in [0, 0.1) is 28.6 Å². The molecule has 3 nitrogen and oxygen atoms in total. The van der Waals surface area contributed by atoms with Gasteiger partial charge in [0, 0.05) is 18.3 Å². The molecule has 3 saturated carbocycles. The molecule has 0 aliphatic heterocycles. The highest BCUT2D eigenvalue weighted by Crippen LogP contribution is 2.64. The van der Waals surface area contributed by atoms with Crippen LogP contribution in [0.1, 0.15) is 65.2 Å². The zero-order valence-electron chi connectivity index (χ0n) is 15.9. The lowest BCUT2D eigenvalue weighted by Gasteiger charge is -2.56. The normalized spacial score (nSPS) is 44.0. The van der Waals surface area contributed by atoms with Gasteiger partial charge in [-0.05, 0) is 61.7 Å². The van der Waals surface area contributed by atoms with Crippen LogP contribution in [0.25, 0.3) is 0 Å². The van der Waals surface area contributed by atoms with Crippen molar-refractivity contribution in [3.05, 3.63) is 11.6 Å². The Balaban J connectivity index is 1.53. The van der Waals surface area contributed by atoms with Crippen molar-refractivity contribution in [2.75, 3.05) is 0 Å². The van der Waals surface area contributed by atoms with E-state index in [4.69, 9.17) is 4.74 Å². The van der Waals surface area contributed by atoms with Gasteiger partial charge >= 0.3 is 12.1 Å². The number of rotatable bonds is 1. The fraction of sp³-hybridized carbons (Fsp3) is 0.810. The van der Waals surface area contributed by atoms with Crippen molar-refractivity contribution in [1.82, 2.24) is 0 Å².